The number of halogens is 2. The van der Waals surface area contributed by atoms with E-state index in [9.17, 15) is 9.59 Å². The molecule has 4 aromatic rings. The fourth-order valence-corrected chi connectivity index (χ4v) is 4.02. The molecule has 0 fully saturated rings. The zero-order valence-electron chi connectivity index (χ0n) is 16.6. The van der Waals surface area contributed by atoms with Crippen molar-refractivity contribution >= 4 is 56.3 Å². The lowest BCUT2D eigenvalue weighted by Gasteiger charge is -2.06. The fraction of sp³-hybridized carbons (Fsp3) is 0.0400. The van der Waals surface area contributed by atoms with Crippen molar-refractivity contribution in [1.82, 2.24) is 0 Å². The Kier molecular flexibility index (Phi) is 5.12. The largest absolute Gasteiger partial charge is 0.452 e. The third kappa shape index (κ3) is 3.83. The van der Waals surface area contributed by atoms with Crippen LogP contribution in [0.25, 0.3) is 17.0 Å². The maximum atomic E-state index is 12.8. The Balaban J connectivity index is 1.41. The molecule has 158 valence electrons. The van der Waals surface area contributed by atoms with Crippen LogP contribution in [0.15, 0.2) is 75.3 Å². The highest BCUT2D eigenvalue weighted by molar-refractivity contribution is 9.10. The van der Waals surface area contributed by atoms with Gasteiger partial charge in [0, 0.05) is 20.9 Å². The zero-order valence-corrected chi connectivity index (χ0v) is 19.0. The highest BCUT2D eigenvalue weighted by Gasteiger charge is 2.30. The van der Waals surface area contributed by atoms with Gasteiger partial charge in [-0.3, -0.25) is 4.79 Å². The van der Waals surface area contributed by atoms with Crippen LogP contribution in [0, 0.1) is 6.92 Å². The number of hydrogen-bond acceptors (Lipinski definition) is 5. The first-order valence-electron chi connectivity index (χ1n) is 9.63. The van der Waals surface area contributed by atoms with Crippen LogP contribution in [0.1, 0.15) is 32.0 Å². The maximum absolute atomic E-state index is 12.8. The number of ketones is 1. The molecule has 0 spiro atoms. The van der Waals surface area contributed by atoms with Crippen molar-refractivity contribution in [2.24, 2.45) is 0 Å². The predicted molar refractivity (Wildman–Crippen MR) is 124 cm³/mol. The van der Waals surface area contributed by atoms with Crippen molar-refractivity contribution in [2.75, 3.05) is 0 Å². The number of furan rings is 1. The number of Topliss-reactive ketones (excluding diaryl/α,β-unsaturated/α-hetero) is 1. The molecule has 1 aliphatic rings. The summed E-state index contributed by atoms with van der Waals surface area (Å²) < 4.78 is 17.7. The monoisotopic (exact) mass is 508 g/mol. The van der Waals surface area contributed by atoms with E-state index in [-0.39, 0.29) is 23.1 Å². The van der Waals surface area contributed by atoms with E-state index in [0.717, 1.165) is 15.4 Å². The van der Waals surface area contributed by atoms with E-state index >= 15 is 0 Å². The second-order valence-electron chi connectivity index (χ2n) is 7.29. The van der Waals surface area contributed by atoms with E-state index in [1.165, 1.54) is 6.07 Å². The van der Waals surface area contributed by atoms with Gasteiger partial charge in [-0.2, -0.15) is 0 Å². The molecule has 0 saturated heterocycles. The normalized spacial score (nSPS) is 14.0. The highest BCUT2D eigenvalue weighted by Crippen LogP contribution is 2.38. The molecule has 1 aromatic heterocycles. The number of hydrogen-bond donors (Lipinski definition) is 0. The lowest BCUT2D eigenvalue weighted by Crippen LogP contribution is -2.07. The van der Waals surface area contributed by atoms with Crippen LogP contribution < -0.4 is 9.47 Å². The predicted octanol–water partition coefficient (Wildman–Crippen LogP) is 6.99. The molecule has 2 heterocycles. The van der Waals surface area contributed by atoms with Gasteiger partial charge in [0.05, 0.1) is 5.56 Å². The summed E-state index contributed by atoms with van der Waals surface area (Å²) in [7, 11) is 0. The number of carbonyl (C=O) groups excluding carboxylic acids is 2. The van der Waals surface area contributed by atoms with Crippen LogP contribution in [0.2, 0.25) is 5.02 Å². The van der Waals surface area contributed by atoms with Crippen molar-refractivity contribution in [3.8, 4) is 11.5 Å². The molecule has 0 aliphatic carbocycles. The highest BCUT2D eigenvalue weighted by atomic mass is 79.9. The van der Waals surface area contributed by atoms with Crippen LogP contribution in [0.4, 0.5) is 0 Å². The number of fused-ring (bicyclic) bond motifs is 2. The Morgan fingerprint density at radius 3 is 2.62 bits per heavy atom. The Morgan fingerprint density at radius 2 is 1.84 bits per heavy atom. The first-order valence-corrected chi connectivity index (χ1v) is 10.8. The summed E-state index contributed by atoms with van der Waals surface area (Å²) in [4.78, 5) is 25.4. The molecule has 5 nitrogen and oxygen atoms in total. The summed E-state index contributed by atoms with van der Waals surface area (Å²) >= 11 is 9.31. The van der Waals surface area contributed by atoms with Gasteiger partial charge in [-0.05, 0) is 66.6 Å². The number of allylic oxidation sites excluding steroid dienone is 1. The van der Waals surface area contributed by atoms with Gasteiger partial charge in [-0.1, -0.05) is 39.7 Å². The molecule has 7 heteroatoms. The molecule has 0 bridgehead atoms. The summed E-state index contributed by atoms with van der Waals surface area (Å²) in [5.41, 5.74) is 2.45. The van der Waals surface area contributed by atoms with E-state index in [4.69, 9.17) is 25.5 Å². The molecule has 3 aromatic carbocycles. The van der Waals surface area contributed by atoms with Gasteiger partial charge in [0.2, 0.25) is 11.5 Å². The number of rotatable bonds is 3. The van der Waals surface area contributed by atoms with Crippen molar-refractivity contribution in [1.29, 1.82) is 0 Å². The van der Waals surface area contributed by atoms with E-state index in [1.807, 2.05) is 12.1 Å². The molecule has 5 rings (SSSR count). The first-order chi connectivity index (χ1) is 15.4. The van der Waals surface area contributed by atoms with Gasteiger partial charge in [-0.25, -0.2) is 4.79 Å². The average Bonchev–Trinajstić information content (AvgIpc) is 3.30. The number of aryl methyl sites for hydroxylation is 1. The van der Waals surface area contributed by atoms with E-state index in [1.54, 1.807) is 55.5 Å². The molecule has 0 N–H and O–H groups in total. The molecular formula is C25H14BrClO5. The van der Waals surface area contributed by atoms with Crippen molar-refractivity contribution < 1.29 is 23.5 Å². The van der Waals surface area contributed by atoms with Crippen molar-refractivity contribution in [3.63, 3.8) is 0 Å². The molecule has 0 saturated carbocycles. The molecule has 0 radical (unpaired) electrons. The summed E-state index contributed by atoms with van der Waals surface area (Å²) in [6.07, 6.45) is 1.65. The second-order valence-corrected chi connectivity index (χ2v) is 8.64. The fourth-order valence-electron chi connectivity index (χ4n) is 3.52. The minimum atomic E-state index is -0.641. The average molecular weight is 510 g/mol. The summed E-state index contributed by atoms with van der Waals surface area (Å²) in [5.74, 6) is -0.000535. The third-order valence-electron chi connectivity index (χ3n) is 5.00. The lowest BCUT2D eigenvalue weighted by molar-refractivity contribution is 0.0703. The standard InChI is InChI=1S/C25H14BrClO5/c1-13-8-18(30-25(29)22-11-15-10-16(26)4-7-19(15)31-22)12-20-23(13)24(28)21(32-20)9-14-2-5-17(27)6-3-14/h2-12H,1H3/b21-9-. The molecular weight excluding hydrogens is 496 g/mol. The van der Waals surface area contributed by atoms with Crippen molar-refractivity contribution in [3.05, 3.63) is 98.4 Å². The van der Waals surface area contributed by atoms with Gasteiger partial charge in [-0.15, -0.1) is 0 Å². The Hall–Kier alpha value is -3.35. The van der Waals surface area contributed by atoms with Crippen LogP contribution in [-0.2, 0) is 0 Å². The van der Waals surface area contributed by atoms with Gasteiger partial charge in [0.15, 0.2) is 5.76 Å². The molecule has 0 amide bonds. The minimum absolute atomic E-state index is 0.0802. The Morgan fingerprint density at radius 1 is 1.06 bits per heavy atom. The zero-order chi connectivity index (χ0) is 22.4. The molecule has 32 heavy (non-hydrogen) atoms. The second kappa shape index (κ2) is 7.97. The summed E-state index contributed by atoms with van der Waals surface area (Å²) in [6, 6.07) is 17.3. The molecule has 1 aliphatic heterocycles. The summed E-state index contributed by atoms with van der Waals surface area (Å²) in [5, 5.41) is 1.39. The number of esters is 1. The first kappa shape index (κ1) is 20.5. The number of ether oxygens (including phenoxy) is 2. The quantitative estimate of drug-likeness (QED) is 0.169. The van der Waals surface area contributed by atoms with Crippen LogP contribution in [-0.4, -0.2) is 11.8 Å². The van der Waals surface area contributed by atoms with Crippen LogP contribution >= 0.6 is 27.5 Å². The maximum Gasteiger partial charge on any atom is 0.379 e. The van der Waals surface area contributed by atoms with Gasteiger partial charge >= 0.3 is 5.97 Å². The SMILES string of the molecule is Cc1cc(OC(=O)c2cc3cc(Br)ccc3o2)cc2c1C(=O)/C(=C/c1ccc(Cl)cc1)O2. The van der Waals surface area contributed by atoms with Gasteiger partial charge in [0.25, 0.3) is 0 Å². The Labute approximate surface area is 196 Å². The molecule has 0 atom stereocenters. The topological polar surface area (TPSA) is 65.7 Å². The van der Waals surface area contributed by atoms with Gasteiger partial charge < -0.3 is 13.9 Å². The lowest BCUT2D eigenvalue weighted by atomic mass is 10.0. The minimum Gasteiger partial charge on any atom is -0.452 e. The summed E-state index contributed by atoms with van der Waals surface area (Å²) in [6.45, 7) is 1.77. The van der Waals surface area contributed by atoms with E-state index in [2.05, 4.69) is 15.9 Å². The van der Waals surface area contributed by atoms with Crippen molar-refractivity contribution in [2.45, 2.75) is 6.92 Å². The number of carbonyl (C=O) groups is 2. The van der Waals surface area contributed by atoms with E-state index in [0.29, 0.717) is 27.5 Å². The van der Waals surface area contributed by atoms with Crippen LogP contribution in [0.5, 0.6) is 11.5 Å². The Bertz CT molecular complexity index is 1430. The van der Waals surface area contributed by atoms with Crippen LogP contribution in [0.3, 0.4) is 0 Å². The van der Waals surface area contributed by atoms with Gasteiger partial charge in [0.1, 0.15) is 17.1 Å². The smallest absolute Gasteiger partial charge is 0.379 e. The van der Waals surface area contributed by atoms with E-state index < -0.39 is 5.97 Å². The number of benzene rings is 3. The third-order valence-corrected chi connectivity index (χ3v) is 5.75. The molecule has 0 unspecified atom stereocenters.